The molecule has 1 aromatic heterocycles. The smallest absolute Gasteiger partial charge is 0.244 e. The monoisotopic (exact) mass is 453 g/mol. The summed E-state index contributed by atoms with van der Waals surface area (Å²) in [7, 11) is 1.63. The van der Waals surface area contributed by atoms with E-state index in [2.05, 4.69) is 10.4 Å². The Balaban J connectivity index is 1.64. The van der Waals surface area contributed by atoms with Gasteiger partial charge >= 0.3 is 0 Å². The van der Waals surface area contributed by atoms with Gasteiger partial charge in [0.1, 0.15) is 10.9 Å². The molecule has 0 bridgehead atoms. The van der Waals surface area contributed by atoms with Crippen molar-refractivity contribution in [1.82, 2.24) is 15.1 Å². The molecule has 0 saturated carbocycles. The molecule has 32 heavy (non-hydrogen) atoms. The number of amides is 1. The number of aryl methyl sites for hydroxylation is 1. The van der Waals surface area contributed by atoms with Gasteiger partial charge in [-0.3, -0.25) is 4.79 Å². The van der Waals surface area contributed by atoms with Gasteiger partial charge in [-0.1, -0.05) is 48.0 Å². The van der Waals surface area contributed by atoms with Gasteiger partial charge in [0.25, 0.3) is 0 Å². The minimum atomic E-state index is -0.202. The molecule has 0 spiro atoms. The molecule has 1 heterocycles. The van der Waals surface area contributed by atoms with Crippen molar-refractivity contribution in [3.63, 3.8) is 0 Å². The highest BCUT2D eigenvalue weighted by atomic mass is 35.5. The first kappa shape index (κ1) is 23.6. The van der Waals surface area contributed by atoms with Crippen molar-refractivity contribution in [2.24, 2.45) is 0 Å². The molecule has 1 amide bonds. The number of nitrogens with one attached hydrogen (secondary N) is 1. The Bertz CT molecular complexity index is 1090. The van der Waals surface area contributed by atoms with Gasteiger partial charge in [0, 0.05) is 24.8 Å². The van der Waals surface area contributed by atoms with Gasteiger partial charge in [-0.05, 0) is 48.7 Å². The highest BCUT2D eigenvalue weighted by molar-refractivity contribution is 6.31. The predicted molar refractivity (Wildman–Crippen MR) is 127 cm³/mol. The molecule has 0 radical (unpaired) electrons. The lowest BCUT2D eigenvalue weighted by Crippen LogP contribution is -2.21. The quantitative estimate of drug-likeness (QED) is 0.449. The van der Waals surface area contributed by atoms with Crippen LogP contribution < -0.4 is 10.1 Å². The summed E-state index contributed by atoms with van der Waals surface area (Å²) in [4.78, 5) is 12.4. The SMILES string of the molecule is CCOCc1ccccc1CNC(=O)/C=C/c1c(C)nn(Cc2cccc(OC)c2)c1Cl. The van der Waals surface area contributed by atoms with Crippen molar-refractivity contribution in [3.8, 4) is 5.75 Å². The van der Waals surface area contributed by atoms with Gasteiger partial charge < -0.3 is 14.8 Å². The average Bonchev–Trinajstić information content (AvgIpc) is 3.07. The van der Waals surface area contributed by atoms with Gasteiger partial charge in [-0.2, -0.15) is 5.10 Å². The maximum Gasteiger partial charge on any atom is 0.244 e. The molecule has 0 aliphatic rings. The van der Waals surface area contributed by atoms with Crippen molar-refractivity contribution >= 4 is 23.6 Å². The number of nitrogens with zero attached hydrogens (tertiary/aromatic N) is 2. The lowest BCUT2D eigenvalue weighted by Gasteiger charge is -2.09. The van der Waals surface area contributed by atoms with E-state index < -0.39 is 0 Å². The van der Waals surface area contributed by atoms with Crippen LogP contribution in [0.5, 0.6) is 5.75 Å². The van der Waals surface area contributed by atoms with E-state index in [1.54, 1.807) is 17.9 Å². The van der Waals surface area contributed by atoms with Crippen LogP contribution in [0, 0.1) is 6.92 Å². The lowest BCUT2D eigenvalue weighted by molar-refractivity contribution is -0.116. The minimum absolute atomic E-state index is 0.202. The molecular formula is C25H28ClN3O3. The van der Waals surface area contributed by atoms with Crippen LogP contribution in [0.25, 0.3) is 6.08 Å². The topological polar surface area (TPSA) is 65.4 Å². The second-order valence-electron chi connectivity index (χ2n) is 7.26. The summed E-state index contributed by atoms with van der Waals surface area (Å²) in [6.07, 6.45) is 3.19. The number of carbonyl (C=O) groups excluding carboxylic acids is 1. The van der Waals surface area contributed by atoms with E-state index in [4.69, 9.17) is 21.1 Å². The van der Waals surface area contributed by atoms with Crippen molar-refractivity contribution in [3.05, 3.63) is 87.7 Å². The van der Waals surface area contributed by atoms with Gasteiger partial charge in [-0.15, -0.1) is 0 Å². The van der Waals surface area contributed by atoms with E-state index in [-0.39, 0.29) is 5.91 Å². The Hall–Kier alpha value is -3.09. The first-order chi connectivity index (χ1) is 15.5. The molecule has 3 rings (SSSR count). The highest BCUT2D eigenvalue weighted by Gasteiger charge is 2.12. The molecule has 6 nitrogen and oxygen atoms in total. The van der Waals surface area contributed by atoms with Crippen LogP contribution in [-0.2, 0) is 29.2 Å². The first-order valence-corrected chi connectivity index (χ1v) is 10.9. The Morgan fingerprint density at radius 3 is 2.72 bits per heavy atom. The molecule has 2 aromatic carbocycles. The summed E-state index contributed by atoms with van der Waals surface area (Å²) in [5.41, 5.74) is 4.59. The summed E-state index contributed by atoms with van der Waals surface area (Å²) >= 11 is 6.55. The maximum atomic E-state index is 12.4. The lowest BCUT2D eigenvalue weighted by atomic mass is 10.1. The fraction of sp³-hybridized carbons (Fsp3) is 0.280. The van der Waals surface area contributed by atoms with Gasteiger partial charge in [0.2, 0.25) is 5.91 Å². The van der Waals surface area contributed by atoms with E-state index in [0.717, 1.165) is 33.7 Å². The van der Waals surface area contributed by atoms with E-state index in [1.807, 2.05) is 62.4 Å². The second kappa shape index (κ2) is 11.5. The van der Waals surface area contributed by atoms with Gasteiger partial charge in [0.05, 0.1) is 26.0 Å². The van der Waals surface area contributed by atoms with Crippen molar-refractivity contribution in [1.29, 1.82) is 0 Å². The Morgan fingerprint density at radius 1 is 1.19 bits per heavy atom. The number of halogens is 1. The third kappa shape index (κ3) is 6.22. The summed E-state index contributed by atoms with van der Waals surface area (Å²) in [5, 5.41) is 7.92. The average molecular weight is 454 g/mol. The number of ether oxygens (including phenoxy) is 2. The Morgan fingerprint density at radius 2 is 1.97 bits per heavy atom. The number of rotatable bonds is 10. The molecule has 0 fully saturated rings. The number of benzene rings is 2. The van der Waals surface area contributed by atoms with Crippen LogP contribution in [0.3, 0.4) is 0 Å². The number of methoxy groups -OCH3 is 1. The van der Waals surface area contributed by atoms with E-state index in [9.17, 15) is 4.79 Å². The zero-order valence-corrected chi connectivity index (χ0v) is 19.4. The van der Waals surface area contributed by atoms with Gasteiger partial charge in [0.15, 0.2) is 0 Å². The first-order valence-electron chi connectivity index (χ1n) is 10.5. The summed E-state index contributed by atoms with van der Waals surface area (Å²) < 4.78 is 12.5. The molecule has 1 N–H and O–H groups in total. The van der Waals surface area contributed by atoms with Crippen molar-refractivity contribution in [2.45, 2.75) is 33.5 Å². The summed E-state index contributed by atoms with van der Waals surface area (Å²) in [6, 6.07) is 15.7. The predicted octanol–water partition coefficient (Wildman–Crippen LogP) is 4.77. The fourth-order valence-corrected chi connectivity index (χ4v) is 3.59. The molecule has 7 heteroatoms. The van der Waals surface area contributed by atoms with Crippen LogP contribution in [0.2, 0.25) is 5.15 Å². The van der Waals surface area contributed by atoms with E-state index in [1.165, 1.54) is 6.08 Å². The number of aromatic nitrogens is 2. The minimum Gasteiger partial charge on any atom is -0.497 e. The van der Waals surface area contributed by atoms with Crippen molar-refractivity contribution < 1.29 is 14.3 Å². The molecule has 3 aromatic rings. The zero-order chi connectivity index (χ0) is 22.9. The maximum absolute atomic E-state index is 12.4. The molecule has 168 valence electrons. The van der Waals surface area contributed by atoms with E-state index >= 15 is 0 Å². The molecule has 0 saturated heterocycles. The van der Waals surface area contributed by atoms with Crippen molar-refractivity contribution in [2.75, 3.05) is 13.7 Å². The summed E-state index contributed by atoms with van der Waals surface area (Å²) in [5.74, 6) is 0.578. The molecule has 0 atom stereocenters. The number of carbonyl (C=O) groups is 1. The van der Waals surface area contributed by atoms with Crippen LogP contribution in [0.15, 0.2) is 54.6 Å². The molecular weight excluding hydrogens is 426 g/mol. The van der Waals surface area contributed by atoms with Crippen LogP contribution in [0.1, 0.15) is 34.9 Å². The van der Waals surface area contributed by atoms with Crippen LogP contribution in [-0.4, -0.2) is 29.4 Å². The second-order valence-corrected chi connectivity index (χ2v) is 7.61. The Kier molecular flexibility index (Phi) is 8.48. The molecule has 0 aliphatic heterocycles. The standard InChI is InChI=1S/C25H28ClN3O3/c1-4-32-17-21-10-6-5-9-20(21)15-27-24(30)13-12-23-18(2)28-29(25(23)26)16-19-8-7-11-22(14-19)31-3/h5-14H,4,15-17H2,1-3H3,(H,27,30)/b13-12+. The summed E-state index contributed by atoms with van der Waals surface area (Å²) in [6.45, 7) is 5.94. The normalized spacial score (nSPS) is 11.1. The van der Waals surface area contributed by atoms with Gasteiger partial charge in [-0.25, -0.2) is 4.68 Å². The Labute approximate surface area is 193 Å². The zero-order valence-electron chi connectivity index (χ0n) is 18.6. The fourth-order valence-electron chi connectivity index (χ4n) is 3.29. The highest BCUT2D eigenvalue weighted by Crippen LogP contribution is 2.23. The number of hydrogen-bond acceptors (Lipinski definition) is 4. The van der Waals surface area contributed by atoms with Crippen LogP contribution in [0.4, 0.5) is 0 Å². The third-order valence-electron chi connectivity index (χ3n) is 5.01. The molecule has 0 aliphatic carbocycles. The largest absolute Gasteiger partial charge is 0.497 e. The number of hydrogen-bond donors (Lipinski definition) is 1. The third-order valence-corrected chi connectivity index (χ3v) is 5.41. The molecule has 0 unspecified atom stereocenters. The van der Waals surface area contributed by atoms with Crippen LogP contribution >= 0.6 is 11.6 Å². The van der Waals surface area contributed by atoms with E-state index in [0.29, 0.717) is 31.5 Å².